The van der Waals surface area contributed by atoms with Gasteiger partial charge < -0.3 is 10.4 Å². The van der Waals surface area contributed by atoms with Gasteiger partial charge in [0.2, 0.25) is 0 Å². The van der Waals surface area contributed by atoms with Gasteiger partial charge in [0.05, 0.1) is 6.10 Å². The van der Waals surface area contributed by atoms with E-state index in [1.165, 1.54) is 51.5 Å². The molecule has 1 heterocycles. The van der Waals surface area contributed by atoms with Crippen LogP contribution in [0.25, 0.3) is 0 Å². The van der Waals surface area contributed by atoms with Crippen molar-refractivity contribution in [2.45, 2.75) is 83.4 Å². The summed E-state index contributed by atoms with van der Waals surface area (Å²) in [4.78, 5) is 2.54. The van der Waals surface area contributed by atoms with Crippen LogP contribution in [0.3, 0.4) is 0 Å². The molecule has 2 aliphatic rings. The highest BCUT2D eigenvalue weighted by Crippen LogP contribution is 2.29. The molecule has 1 aliphatic carbocycles. The summed E-state index contributed by atoms with van der Waals surface area (Å²) in [6, 6.07) is 1.19. The average molecular weight is 282 g/mol. The summed E-state index contributed by atoms with van der Waals surface area (Å²) in [5, 5.41) is 14.0. The topological polar surface area (TPSA) is 35.5 Å². The van der Waals surface area contributed by atoms with E-state index in [0.717, 1.165) is 25.4 Å². The van der Waals surface area contributed by atoms with Crippen molar-refractivity contribution in [1.29, 1.82) is 0 Å². The Morgan fingerprint density at radius 2 is 1.80 bits per heavy atom. The summed E-state index contributed by atoms with van der Waals surface area (Å²) < 4.78 is 0. The minimum absolute atomic E-state index is 0.113. The minimum atomic E-state index is -0.113. The molecule has 0 aromatic heterocycles. The molecule has 1 saturated heterocycles. The maximum atomic E-state index is 10.4. The average Bonchev–Trinajstić information content (AvgIpc) is 2.90. The summed E-state index contributed by atoms with van der Waals surface area (Å²) in [6.07, 6.45) is 10.3. The lowest BCUT2D eigenvalue weighted by Crippen LogP contribution is -2.49. The van der Waals surface area contributed by atoms with E-state index in [0.29, 0.717) is 12.1 Å². The van der Waals surface area contributed by atoms with Crippen molar-refractivity contribution in [3.63, 3.8) is 0 Å². The second-order valence-corrected chi connectivity index (χ2v) is 7.25. The van der Waals surface area contributed by atoms with E-state index >= 15 is 0 Å². The third kappa shape index (κ3) is 5.34. The highest BCUT2D eigenvalue weighted by molar-refractivity contribution is 4.82. The van der Waals surface area contributed by atoms with Crippen molar-refractivity contribution < 1.29 is 5.11 Å². The number of nitrogens with zero attached hydrogens (tertiary/aromatic N) is 1. The molecule has 3 heteroatoms. The van der Waals surface area contributed by atoms with E-state index in [4.69, 9.17) is 0 Å². The molecular weight excluding hydrogens is 248 g/mol. The van der Waals surface area contributed by atoms with Crippen LogP contribution in [-0.2, 0) is 0 Å². The highest BCUT2D eigenvalue weighted by atomic mass is 16.3. The van der Waals surface area contributed by atoms with E-state index in [1.807, 2.05) is 0 Å². The van der Waals surface area contributed by atoms with Crippen molar-refractivity contribution in [3.05, 3.63) is 0 Å². The molecule has 2 atom stereocenters. The molecule has 0 amide bonds. The van der Waals surface area contributed by atoms with Gasteiger partial charge >= 0.3 is 0 Å². The molecule has 1 saturated carbocycles. The fourth-order valence-electron chi connectivity index (χ4n) is 3.88. The van der Waals surface area contributed by atoms with Gasteiger partial charge in [0.15, 0.2) is 0 Å². The first kappa shape index (κ1) is 16.3. The summed E-state index contributed by atoms with van der Waals surface area (Å²) in [7, 11) is 0. The molecule has 2 rings (SSSR count). The number of piperidine rings is 1. The van der Waals surface area contributed by atoms with Crippen LogP contribution in [-0.4, -0.2) is 47.8 Å². The van der Waals surface area contributed by atoms with Crippen molar-refractivity contribution in [3.8, 4) is 0 Å². The molecule has 1 aliphatic heterocycles. The van der Waals surface area contributed by atoms with Crippen molar-refractivity contribution in [2.75, 3.05) is 19.6 Å². The van der Waals surface area contributed by atoms with E-state index < -0.39 is 0 Å². The van der Waals surface area contributed by atoms with E-state index in [2.05, 4.69) is 24.1 Å². The molecule has 0 bridgehead atoms. The molecule has 0 aromatic rings. The Balaban J connectivity index is 1.74. The molecular formula is C17H34N2O. The number of hydrogen-bond donors (Lipinski definition) is 2. The minimum Gasteiger partial charge on any atom is -0.392 e. The Bertz CT molecular complexity index is 264. The molecule has 2 unspecified atom stereocenters. The Labute approximate surface area is 125 Å². The van der Waals surface area contributed by atoms with E-state index in [1.54, 1.807) is 0 Å². The highest BCUT2D eigenvalue weighted by Gasteiger charge is 2.26. The molecule has 2 N–H and O–H groups in total. The lowest BCUT2D eigenvalue weighted by atomic mass is 9.97. The summed E-state index contributed by atoms with van der Waals surface area (Å²) in [5.41, 5.74) is 0. The Morgan fingerprint density at radius 3 is 2.50 bits per heavy atom. The number of nitrogens with one attached hydrogen (secondary N) is 1. The van der Waals surface area contributed by atoms with Crippen LogP contribution in [0.5, 0.6) is 0 Å². The van der Waals surface area contributed by atoms with Gasteiger partial charge in [0.1, 0.15) is 0 Å². The number of β-amino-alcohol motifs (C(OH)–C–C–N with tert-alkyl or cyclic N) is 1. The van der Waals surface area contributed by atoms with Crippen molar-refractivity contribution in [1.82, 2.24) is 10.2 Å². The van der Waals surface area contributed by atoms with Crippen LogP contribution in [0.1, 0.15) is 65.2 Å². The second kappa shape index (κ2) is 8.35. The van der Waals surface area contributed by atoms with Crippen LogP contribution in [0.2, 0.25) is 0 Å². The Morgan fingerprint density at radius 1 is 1.10 bits per heavy atom. The molecule has 20 heavy (non-hydrogen) atoms. The number of aliphatic hydroxyl groups excluding tert-OH is 1. The van der Waals surface area contributed by atoms with Gasteiger partial charge in [-0.3, -0.25) is 4.90 Å². The zero-order valence-electron chi connectivity index (χ0n) is 13.5. The largest absolute Gasteiger partial charge is 0.392 e. The molecule has 0 spiro atoms. The van der Waals surface area contributed by atoms with Gasteiger partial charge in [-0.1, -0.05) is 46.0 Å². The zero-order valence-corrected chi connectivity index (χ0v) is 13.5. The summed E-state index contributed by atoms with van der Waals surface area (Å²) in [6.45, 7) is 7.56. The fourth-order valence-corrected chi connectivity index (χ4v) is 3.88. The van der Waals surface area contributed by atoms with E-state index in [9.17, 15) is 5.11 Å². The van der Waals surface area contributed by atoms with Crippen molar-refractivity contribution >= 4 is 0 Å². The van der Waals surface area contributed by atoms with Gasteiger partial charge in [0, 0.05) is 25.2 Å². The van der Waals surface area contributed by atoms with Gasteiger partial charge in [-0.2, -0.15) is 0 Å². The lowest BCUT2D eigenvalue weighted by Gasteiger charge is -2.37. The molecule has 3 nitrogen and oxygen atoms in total. The molecule has 0 radical (unpaired) electrons. The first-order valence-corrected chi connectivity index (χ1v) is 8.80. The SMILES string of the molecule is CC(C)NCC1CCCCN1CC(O)CC1CCCC1. The van der Waals surface area contributed by atoms with Gasteiger partial charge in [-0.05, 0) is 31.7 Å². The van der Waals surface area contributed by atoms with Crippen molar-refractivity contribution in [2.24, 2.45) is 5.92 Å². The van der Waals surface area contributed by atoms with Crippen LogP contribution in [0.4, 0.5) is 0 Å². The lowest BCUT2D eigenvalue weighted by molar-refractivity contribution is 0.0535. The number of rotatable bonds is 7. The van der Waals surface area contributed by atoms with Gasteiger partial charge in [-0.25, -0.2) is 0 Å². The normalized spacial score (nSPS) is 27.3. The smallest absolute Gasteiger partial charge is 0.0669 e. The zero-order chi connectivity index (χ0) is 14.4. The van der Waals surface area contributed by atoms with Gasteiger partial charge in [0.25, 0.3) is 0 Å². The number of hydrogen-bond acceptors (Lipinski definition) is 3. The van der Waals surface area contributed by atoms with Crippen LogP contribution in [0.15, 0.2) is 0 Å². The summed E-state index contributed by atoms with van der Waals surface area (Å²) in [5.74, 6) is 0.794. The first-order valence-electron chi connectivity index (χ1n) is 8.80. The quantitative estimate of drug-likeness (QED) is 0.754. The third-order valence-electron chi connectivity index (χ3n) is 5.04. The van der Waals surface area contributed by atoms with Crippen LogP contribution >= 0.6 is 0 Å². The fraction of sp³-hybridized carbons (Fsp3) is 1.00. The molecule has 118 valence electrons. The molecule has 2 fully saturated rings. The standard InChI is InChI=1S/C17H34N2O/c1-14(2)18-12-16-9-5-6-10-19(16)13-17(20)11-15-7-3-4-8-15/h14-18,20H,3-13H2,1-2H3. The summed E-state index contributed by atoms with van der Waals surface area (Å²) >= 11 is 0. The molecule has 0 aromatic carbocycles. The maximum absolute atomic E-state index is 10.4. The van der Waals surface area contributed by atoms with Crippen LogP contribution in [0, 0.1) is 5.92 Å². The van der Waals surface area contributed by atoms with Gasteiger partial charge in [-0.15, -0.1) is 0 Å². The Hall–Kier alpha value is -0.120. The Kier molecular flexibility index (Phi) is 6.79. The predicted molar refractivity (Wildman–Crippen MR) is 84.9 cm³/mol. The number of aliphatic hydroxyl groups is 1. The van der Waals surface area contributed by atoms with Crippen LogP contribution < -0.4 is 5.32 Å². The first-order chi connectivity index (χ1) is 9.65. The third-order valence-corrected chi connectivity index (χ3v) is 5.04. The maximum Gasteiger partial charge on any atom is 0.0669 e. The monoisotopic (exact) mass is 282 g/mol. The predicted octanol–water partition coefficient (Wildman–Crippen LogP) is 2.78. The second-order valence-electron chi connectivity index (χ2n) is 7.25. The van der Waals surface area contributed by atoms with E-state index in [-0.39, 0.29) is 6.10 Å². The number of likely N-dealkylation sites (tertiary alicyclic amines) is 1.